The Kier molecular flexibility index (Phi) is 5.60. The lowest BCUT2D eigenvalue weighted by Gasteiger charge is -2.33. The molecule has 0 atom stereocenters. The van der Waals surface area contributed by atoms with E-state index < -0.39 is 0 Å². The van der Waals surface area contributed by atoms with E-state index in [0.29, 0.717) is 19.8 Å². The molecule has 1 saturated heterocycles. The van der Waals surface area contributed by atoms with Gasteiger partial charge in [-0.05, 0) is 25.7 Å². The number of rotatable bonds is 4. The first-order valence-corrected chi connectivity index (χ1v) is 6.23. The van der Waals surface area contributed by atoms with Gasteiger partial charge in [0.1, 0.15) is 0 Å². The average molecular weight is 228 g/mol. The Balaban J connectivity index is 2.27. The van der Waals surface area contributed by atoms with Gasteiger partial charge in [0.05, 0.1) is 6.61 Å². The molecule has 0 N–H and O–H groups in total. The van der Waals surface area contributed by atoms with Crippen LogP contribution in [0.5, 0.6) is 0 Å². The summed E-state index contributed by atoms with van der Waals surface area (Å²) < 4.78 is 5.25. The van der Waals surface area contributed by atoms with Crippen LogP contribution in [0.4, 0.5) is 4.79 Å². The SMILES string of the molecule is CCOCCN(C)C(=O)N1CCC(C)CC1. The van der Waals surface area contributed by atoms with Gasteiger partial charge in [-0.15, -0.1) is 0 Å². The molecule has 0 unspecified atom stereocenters. The lowest BCUT2D eigenvalue weighted by Crippen LogP contribution is -2.45. The molecule has 1 rings (SSSR count). The molecule has 0 aromatic rings. The third kappa shape index (κ3) is 4.00. The van der Waals surface area contributed by atoms with Crippen molar-refractivity contribution in [1.29, 1.82) is 0 Å². The lowest BCUT2D eigenvalue weighted by atomic mass is 10.00. The molecular formula is C12H24N2O2. The minimum absolute atomic E-state index is 0.145. The second-order valence-corrected chi connectivity index (χ2v) is 4.57. The summed E-state index contributed by atoms with van der Waals surface area (Å²) in [6.07, 6.45) is 2.26. The molecule has 4 nitrogen and oxygen atoms in total. The van der Waals surface area contributed by atoms with Crippen LogP contribution in [0, 0.1) is 5.92 Å². The number of carbonyl (C=O) groups is 1. The second-order valence-electron chi connectivity index (χ2n) is 4.57. The van der Waals surface area contributed by atoms with Crippen molar-refractivity contribution in [1.82, 2.24) is 9.80 Å². The van der Waals surface area contributed by atoms with E-state index in [1.807, 2.05) is 18.9 Å². The van der Waals surface area contributed by atoms with Crippen LogP contribution in [0.15, 0.2) is 0 Å². The summed E-state index contributed by atoms with van der Waals surface area (Å²) in [5.41, 5.74) is 0. The Morgan fingerprint density at radius 2 is 2.06 bits per heavy atom. The summed E-state index contributed by atoms with van der Waals surface area (Å²) in [5, 5.41) is 0. The highest BCUT2D eigenvalue weighted by molar-refractivity contribution is 5.74. The fraction of sp³-hybridized carbons (Fsp3) is 0.917. The van der Waals surface area contributed by atoms with E-state index in [2.05, 4.69) is 6.92 Å². The Morgan fingerprint density at radius 3 is 2.62 bits per heavy atom. The van der Waals surface area contributed by atoms with Crippen LogP contribution in [0.3, 0.4) is 0 Å². The minimum atomic E-state index is 0.145. The molecule has 1 fully saturated rings. The number of piperidine rings is 1. The lowest BCUT2D eigenvalue weighted by molar-refractivity contribution is 0.107. The standard InChI is InChI=1S/C12H24N2O2/c1-4-16-10-9-13(3)12(15)14-7-5-11(2)6-8-14/h11H,4-10H2,1-3H3. The zero-order valence-electron chi connectivity index (χ0n) is 10.7. The predicted octanol–water partition coefficient (Wildman–Crippen LogP) is 1.81. The molecule has 0 radical (unpaired) electrons. The first kappa shape index (κ1) is 13.3. The molecule has 2 amide bonds. The van der Waals surface area contributed by atoms with Crippen LogP contribution in [-0.4, -0.2) is 55.7 Å². The maximum absolute atomic E-state index is 12.0. The number of ether oxygens (including phenoxy) is 1. The van der Waals surface area contributed by atoms with Gasteiger partial charge in [-0.25, -0.2) is 4.79 Å². The van der Waals surface area contributed by atoms with E-state index in [1.165, 1.54) is 0 Å². The molecule has 0 bridgehead atoms. The van der Waals surface area contributed by atoms with E-state index in [-0.39, 0.29) is 6.03 Å². The van der Waals surface area contributed by atoms with E-state index in [9.17, 15) is 4.79 Å². The van der Waals surface area contributed by atoms with Gasteiger partial charge in [0, 0.05) is 33.3 Å². The summed E-state index contributed by atoms with van der Waals surface area (Å²) in [6.45, 7) is 8.04. The van der Waals surface area contributed by atoms with Crippen LogP contribution >= 0.6 is 0 Å². The average Bonchev–Trinajstić information content (AvgIpc) is 2.29. The number of hydrogen-bond acceptors (Lipinski definition) is 2. The fourth-order valence-electron chi connectivity index (χ4n) is 1.88. The van der Waals surface area contributed by atoms with E-state index in [0.717, 1.165) is 31.8 Å². The van der Waals surface area contributed by atoms with E-state index >= 15 is 0 Å². The normalized spacial score (nSPS) is 17.6. The second kappa shape index (κ2) is 6.74. The van der Waals surface area contributed by atoms with Gasteiger partial charge < -0.3 is 14.5 Å². The Bertz CT molecular complexity index is 213. The number of urea groups is 1. The Labute approximate surface area is 98.5 Å². The molecular weight excluding hydrogens is 204 g/mol. The van der Waals surface area contributed by atoms with Crippen LogP contribution in [0.25, 0.3) is 0 Å². The van der Waals surface area contributed by atoms with Gasteiger partial charge in [-0.1, -0.05) is 6.92 Å². The van der Waals surface area contributed by atoms with Crippen LogP contribution in [0.1, 0.15) is 26.7 Å². The van der Waals surface area contributed by atoms with Crippen molar-refractivity contribution in [3.63, 3.8) is 0 Å². The van der Waals surface area contributed by atoms with Gasteiger partial charge in [0.2, 0.25) is 0 Å². The number of likely N-dealkylation sites (tertiary alicyclic amines) is 1. The van der Waals surface area contributed by atoms with Crippen LogP contribution in [-0.2, 0) is 4.74 Å². The van der Waals surface area contributed by atoms with E-state index in [1.54, 1.807) is 4.90 Å². The summed E-state index contributed by atoms with van der Waals surface area (Å²) in [4.78, 5) is 15.7. The summed E-state index contributed by atoms with van der Waals surface area (Å²) in [5.74, 6) is 0.762. The zero-order valence-corrected chi connectivity index (χ0v) is 10.7. The van der Waals surface area contributed by atoms with Gasteiger partial charge >= 0.3 is 6.03 Å². The number of amides is 2. The molecule has 1 aliphatic rings. The first-order chi connectivity index (χ1) is 7.65. The van der Waals surface area contributed by atoms with E-state index in [4.69, 9.17) is 4.74 Å². The summed E-state index contributed by atoms with van der Waals surface area (Å²) >= 11 is 0. The molecule has 1 heterocycles. The monoisotopic (exact) mass is 228 g/mol. The highest BCUT2D eigenvalue weighted by Gasteiger charge is 2.22. The van der Waals surface area contributed by atoms with Crippen molar-refractivity contribution in [3.05, 3.63) is 0 Å². The number of carbonyl (C=O) groups excluding carboxylic acids is 1. The predicted molar refractivity (Wildman–Crippen MR) is 64.5 cm³/mol. The van der Waals surface area contributed by atoms with Crippen molar-refractivity contribution >= 4 is 6.03 Å². The molecule has 0 saturated carbocycles. The van der Waals surface area contributed by atoms with Gasteiger partial charge in [0.15, 0.2) is 0 Å². The summed E-state index contributed by atoms with van der Waals surface area (Å²) in [6, 6.07) is 0.145. The Hall–Kier alpha value is -0.770. The van der Waals surface area contributed by atoms with Crippen molar-refractivity contribution in [2.75, 3.05) is 39.9 Å². The number of hydrogen-bond donors (Lipinski definition) is 0. The highest BCUT2D eigenvalue weighted by Crippen LogP contribution is 2.16. The quantitative estimate of drug-likeness (QED) is 0.687. The van der Waals surface area contributed by atoms with Crippen molar-refractivity contribution < 1.29 is 9.53 Å². The highest BCUT2D eigenvalue weighted by atomic mass is 16.5. The van der Waals surface area contributed by atoms with Crippen LogP contribution < -0.4 is 0 Å². The summed E-state index contributed by atoms with van der Waals surface area (Å²) in [7, 11) is 1.85. The van der Waals surface area contributed by atoms with Gasteiger partial charge in [-0.2, -0.15) is 0 Å². The van der Waals surface area contributed by atoms with Crippen molar-refractivity contribution in [3.8, 4) is 0 Å². The third-order valence-corrected chi connectivity index (χ3v) is 3.16. The topological polar surface area (TPSA) is 32.8 Å². The number of likely N-dealkylation sites (N-methyl/N-ethyl adjacent to an activating group) is 1. The smallest absolute Gasteiger partial charge is 0.319 e. The minimum Gasteiger partial charge on any atom is -0.380 e. The maximum atomic E-state index is 12.0. The van der Waals surface area contributed by atoms with Crippen molar-refractivity contribution in [2.45, 2.75) is 26.7 Å². The molecule has 0 aliphatic carbocycles. The first-order valence-electron chi connectivity index (χ1n) is 6.23. The molecule has 4 heteroatoms. The Morgan fingerprint density at radius 1 is 1.44 bits per heavy atom. The molecule has 0 aromatic heterocycles. The van der Waals surface area contributed by atoms with Crippen LogP contribution in [0.2, 0.25) is 0 Å². The zero-order chi connectivity index (χ0) is 12.0. The van der Waals surface area contributed by atoms with Crippen molar-refractivity contribution in [2.24, 2.45) is 5.92 Å². The molecule has 1 aliphatic heterocycles. The van der Waals surface area contributed by atoms with Gasteiger partial charge in [0.25, 0.3) is 0 Å². The molecule has 94 valence electrons. The molecule has 0 aromatic carbocycles. The maximum Gasteiger partial charge on any atom is 0.319 e. The largest absolute Gasteiger partial charge is 0.380 e. The third-order valence-electron chi connectivity index (χ3n) is 3.16. The fourth-order valence-corrected chi connectivity index (χ4v) is 1.88. The van der Waals surface area contributed by atoms with Gasteiger partial charge in [-0.3, -0.25) is 0 Å². The molecule has 16 heavy (non-hydrogen) atoms. The number of nitrogens with zero attached hydrogens (tertiary/aromatic N) is 2. The molecule has 0 spiro atoms.